The van der Waals surface area contributed by atoms with Crippen molar-refractivity contribution in [3.63, 3.8) is 0 Å². The minimum Gasteiger partial charge on any atom is -0.480 e. The largest absolute Gasteiger partial charge is 0.480 e. The Labute approximate surface area is 194 Å². The van der Waals surface area contributed by atoms with E-state index in [1.165, 1.54) is 35.9 Å². The number of rotatable bonds is 7. The standard InChI is InChI=1S/C22H24F2N4O5S/c1-2-22(23,24)16-6-3-4-8-18(16)34(32,33)26-12-9-15(10-13-26)28-20-17(7-5-11-25-20)27(21(28)31)14-19(29)30/h3-8,11,15H,2,9-10,12-14H2,1H3,(H,29,30). The number of carbonyl (C=O) groups is 1. The molecule has 1 N–H and O–H groups in total. The van der Waals surface area contributed by atoms with E-state index in [4.69, 9.17) is 0 Å². The minimum absolute atomic E-state index is 0.0178. The topological polar surface area (TPSA) is 114 Å². The minimum atomic E-state index is -4.19. The van der Waals surface area contributed by atoms with Crippen LogP contribution in [0.4, 0.5) is 8.78 Å². The van der Waals surface area contributed by atoms with Crippen LogP contribution in [-0.4, -0.2) is 51.0 Å². The molecule has 1 aliphatic heterocycles. The fraction of sp³-hybridized carbons (Fsp3) is 0.409. The van der Waals surface area contributed by atoms with Gasteiger partial charge in [-0.05, 0) is 31.0 Å². The van der Waals surface area contributed by atoms with Crippen molar-refractivity contribution in [2.45, 2.75) is 49.6 Å². The molecule has 9 nitrogen and oxygen atoms in total. The number of hydrogen-bond acceptors (Lipinski definition) is 5. The summed E-state index contributed by atoms with van der Waals surface area (Å²) in [6.07, 6.45) is 1.45. The van der Waals surface area contributed by atoms with E-state index < -0.39 is 57.1 Å². The van der Waals surface area contributed by atoms with Gasteiger partial charge in [0.15, 0.2) is 5.65 Å². The van der Waals surface area contributed by atoms with Gasteiger partial charge in [0, 0.05) is 37.3 Å². The highest BCUT2D eigenvalue weighted by atomic mass is 32.2. The highest BCUT2D eigenvalue weighted by Gasteiger charge is 2.39. The zero-order chi connectivity index (χ0) is 24.7. The number of pyridine rings is 1. The monoisotopic (exact) mass is 494 g/mol. The number of benzene rings is 1. The van der Waals surface area contributed by atoms with E-state index in [1.54, 1.807) is 12.1 Å². The van der Waals surface area contributed by atoms with Gasteiger partial charge in [-0.1, -0.05) is 25.1 Å². The normalized spacial score (nSPS) is 16.2. The molecule has 0 aliphatic carbocycles. The number of hydrogen-bond donors (Lipinski definition) is 1. The predicted octanol–water partition coefficient (Wildman–Crippen LogP) is 2.81. The average Bonchev–Trinajstić information content (AvgIpc) is 3.10. The molecule has 3 aromatic rings. The van der Waals surface area contributed by atoms with E-state index in [0.29, 0.717) is 11.2 Å². The highest BCUT2D eigenvalue weighted by molar-refractivity contribution is 7.89. The van der Waals surface area contributed by atoms with E-state index in [1.807, 2.05) is 0 Å². The number of halogens is 2. The van der Waals surface area contributed by atoms with Crippen LogP contribution >= 0.6 is 0 Å². The number of piperidine rings is 1. The molecule has 0 spiro atoms. The lowest BCUT2D eigenvalue weighted by atomic mass is 10.1. The predicted molar refractivity (Wildman–Crippen MR) is 119 cm³/mol. The fourth-order valence-electron chi connectivity index (χ4n) is 4.39. The summed E-state index contributed by atoms with van der Waals surface area (Å²) >= 11 is 0. The number of carboxylic acid groups (broad SMARTS) is 1. The van der Waals surface area contributed by atoms with Gasteiger partial charge < -0.3 is 5.11 Å². The van der Waals surface area contributed by atoms with Gasteiger partial charge in [0.05, 0.1) is 10.4 Å². The van der Waals surface area contributed by atoms with Crippen LogP contribution in [0.15, 0.2) is 52.3 Å². The molecule has 2 aromatic heterocycles. The van der Waals surface area contributed by atoms with Crippen LogP contribution in [-0.2, 0) is 27.3 Å². The molecule has 0 unspecified atom stereocenters. The van der Waals surface area contributed by atoms with Crippen LogP contribution in [0.1, 0.15) is 37.8 Å². The Hall–Kier alpha value is -3.12. The molecule has 0 atom stereocenters. The summed E-state index contributed by atoms with van der Waals surface area (Å²) < 4.78 is 59.1. The number of sulfonamides is 1. The van der Waals surface area contributed by atoms with Gasteiger partial charge in [0.25, 0.3) is 5.92 Å². The van der Waals surface area contributed by atoms with Gasteiger partial charge in [-0.2, -0.15) is 4.31 Å². The first-order valence-electron chi connectivity index (χ1n) is 10.8. The molecule has 12 heteroatoms. The van der Waals surface area contributed by atoms with Crippen LogP contribution < -0.4 is 5.69 Å². The first kappa shape index (κ1) is 24.0. The first-order valence-corrected chi connectivity index (χ1v) is 12.3. The molecule has 3 heterocycles. The van der Waals surface area contributed by atoms with Gasteiger partial charge in [-0.25, -0.2) is 27.0 Å². The van der Waals surface area contributed by atoms with Gasteiger partial charge in [-0.15, -0.1) is 0 Å². The SMILES string of the molecule is CCC(F)(F)c1ccccc1S(=O)(=O)N1CCC(n2c(=O)n(CC(=O)O)c3cccnc32)CC1. The third kappa shape index (κ3) is 4.11. The molecule has 0 radical (unpaired) electrons. The second-order valence-electron chi connectivity index (χ2n) is 8.17. The Balaban J connectivity index is 1.63. The lowest BCUT2D eigenvalue weighted by Gasteiger charge is -2.32. The van der Waals surface area contributed by atoms with Gasteiger partial charge in [0.2, 0.25) is 10.0 Å². The van der Waals surface area contributed by atoms with Gasteiger partial charge in [0.1, 0.15) is 6.54 Å². The molecule has 1 aromatic carbocycles. The molecule has 34 heavy (non-hydrogen) atoms. The van der Waals surface area contributed by atoms with Crippen LogP contribution in [0.2, 0.25) is 0 Å². The number of carboxylic acids is 1. The van der Waals surface area contributed by atoms with E-state index >= 15 is 0 Å². The fourth-order valence-corrected chi connectivity index (χ4v) is 6.11. The molecule has 1 aliphatic rings. The molecule has 0 saturated carbocycles. The Morgan fingerprint density at radius 2 is 1.85 bits per heavy atom. The zero-order valence-corrected chi connectivity index (χ0v) is 19.2. The first-order chi connectivity index (χ1) is 16.1. The highest BCUT2D eigenvalue weighted by Crippen LogP contribution is 2.37. The van der Waals surface area contributed by atoms with E-state index in [2.05, 4.69) is 4.98 Å². The molecule has 0 bridgehead atoms. The summed E-state index contributed by atoms with van der Waals surface area (Å²) in [7, 11) is -4.19. The number of nitrogens with zero attached hydrogens (tertiary/aromatic N) is 4. The Morgan fingerprint density at radius 1 is 1.18 bits per heavy atom. The lowest BCUT2D eigenvalue weighted by Crippen LogP contribution is -2.41. The Bertz CT molecular complexity index is 1390. The van der Waals surface area contributed by atoms with Gasteiger partial charge >= 0.3 is 11.7 Å². The van der Waals surface area contributed by atoms with Crippen molar-refractivity contribution >= 4 is 27.2 Å². The summed E-state index contributed by atoms with van der Waals surface area (Å²) in [6, 6.07) is 7.91. The Kier molecular flexibility index (Phi) is 6.30. The lowest BCUT2D eigenvalue weighted by molar-refractivity contribution is -0.137. The smallest absolute Gasteiger partial charge is 0.331 e. The van der Waals surface area contributed by atoms with E-state index in [0.717, 1.165) is 14.9 Å². The van der Waals surface area contributed by atoms with E-state index in [-0.39, 0.29) is 25.9 Å². The maximum atomic E-state index is 14.4. The molecule has 182 valence electrons. The molecule has 1 fully saturated rings. The number of fused-ring (bicyclic) bond motifs is 1. The summed E-state index contributed by atoms with van der Waals surface area (Å²) in [5.41, 5.74) is -0.370. The van der Waals surface area contributed by atoms with Crippen molar-refractivity contribution in [2.75, 3.05) is 13.1 Å². The quantitative estimate of drug-likeness (QED) is 0.540. The van der Waals surface area contributed by atoms with Crippen LogP contribution in [0.5, 0.6) is 0 Å². The molecule has 0 amide bonds. The molecule has 4 rings (SSSR count). The zero-order valence-electron chi connectivity index (χ0n) is 18.4. The second kappa shape index (κ2) is 8.91. The van der Waals surface area contributed by atoms with Gasteiger partial charge in [-0.3, -0.25) is 13.9 Å². The number of imidazole rings is 1. The average molecular weight is 495 g/mol. The van der Waals surface area contributed by atoms with Crippen molar-refractivity contribution in [2.24, 2.45) is 0 Å². The van der Waals surface area contributed by atoms with Crippen molar-refractivity contribution in [3.8, 4) is 0 Å². The number of alkyl halides is 2. The summed E-state index contributed by atoms with van der Waals surface area (Å²) in [6.45, 7) is 0.805. The van der Waals surface area contributed by atoms with Crippen LogP contribution in [0.25, 0.3) is 11.2 Å². The van der Waals surface area contributed by atoms with Crippen molar-refractivity contribution in [1.29, 1.82) is 0 Å². The third-order valence-corrected chi connectivity index (χ3v) is 8.10. The number of aromatic nitrogens is 3. The molecular weight excluding hydrogens is 470 g/mol. The summed E-state index contributed by atoms with van der Waals surface area (Å²) in [5, 5.41) is 9.18. The van der Waals surface area contributed by atoms with Crippen LogP contribution in [0.3, 0.4) is 0 Å². The van der Waals surface area contributed by atoms with Crippen molar-refractivity contribution < 1.29 is 27.1 Å². The number of aliphatic carboxylic acids is 1. The molecular formula is C22H24F2N4O5S. The van der Waals surface area contributed by atoms with Crippen LogP contribution in [0, 0.1) is 0 Å². The van der Waals surface area contributed by atoms with Crippen molar-refractivity contribution in [3.05, 3.63) is 58.6 Å². The van der Waals surface area contributed by atoms with E-state index in [9.17, 15) is 31.9 Å². The Morgan fingerprint density at radius 3 is 2.50 bits per heavy atom. The maximum Gasteiger partial charge on any atom is 0.331 e. The summed E-state index contributed by atoms with van der Waals surface area (Å²) in [4.78, 5) is 28.1. The summed E-state index contributed by atoms with van der Waals surface area (Å²) in [5.74, 6) is -4.46. The van der Waals surface area contributed by atoms with Crippen molar-refractivity contribution in [1.82, 2.24) is 18.4 Å². The third-order valence-electron chi connectivity index (χ3n) is 6.15. The second-order valence-corrected chi connectivity index (χ2v) is 10.1. The molecule has 1 saturated heterocycles. The maximum absolute atomic E-state index is 14.4.